The van der Waals surface area contributed by atoms with Crippen LogP contribution in [-0.4, -0.2) is 27.5 Å². The summed E-state index contributed by atoms with van der Waals surface area (Å²) in [6.07, 6.45) is 5.22. The number of imidazole rings is 1. The molecule has 1 fully saturated rings. The molecule has 2 aromatic carbocycles. The Hall–Kier alpha value is -2.87. The molecule has 5 N–H and O–H groups in total. The molecule has 1 aliphatic carbocycles. The van der Waals surface area contributed by atoms with Crippen molar-refractivity contribution in [1.82, 2.24) is 9.97 Å². The van der Waals surface area contributed by atoms with Gasteiger partial charge in [0.15, 0.2) is 0 Å². The summed E-state index contributed by atoms with van der Waals surface area (Å²) in [7, 11) is 0. The van der Waals surface area contributed by atoms with E-state index >= 15 is 0 Å². The number of aromatic nitrogens is 2. The highest BCUT2D eigenvalue weighted by Crippen LogP contribution is 2.40. The van der Waals surface area contributed by atoms with Crippen LogP contribution in [0.2, 0.25) is 0 Å². The molecular formula is C21H22BrN7. The number of anilines is 1. The number of fused-ring (bicyclic) bond motifs is 1. The second kappa shape index (κ2) is 6.88. The molecule has 1 saturated carbocycles. The molecule has 3 aromatic rings. The van der Waals surface area contributed by atoms with E-state index in [1.165, 1.54) is 6.42 Å². The molecule has 29 heavy (non-hydrogen) atoms. The van der Waals surface area contributed by atoms with Crippen molar-refractivity contribution in [3.8, 4) is 11.4 Å². The average molecular weight is 452 g/mol. The minimum Gasteiger partial charge on any atom is -0.369 e. The van der Waals surface area contributed by atoms with Gasteiger partial charge < -0.3 is 16.5 Å². The lowest BCUT2D eigenvalue weighted by atomic mass is 9.87. The van der Waals surface area contributed by atoms with Gasteiger partial charge in [-0.3, -0.25) is 4.90 Å². The topological polar surface area (TPSA) is 109 Å². The lowest BCUT2D eigenvalue weighted by molar-refractivity contribution is 0.305. The molecule has 0 atom stereocenters. The molecule has 148 valence electrons. The third-order valence-electron chi connectivity index (χ3n) is 5.67. The van der Waals surface area contributed by atoms with Gasteiger partial charge >= 0.3 is 0 Å². The third kappa shape index (κ3) is 3.17. The molecule has 1 spiro atoms. The van der Waals surface area contributed by atoms with Crippen LogP contribution < -0.4 is 16.4 Å². The predicted octanol–water partition coefficient (Wildman–Crippen LogP) is 4.10. The van der Waals surface area contributed by atoms with E-state index in [0.29, 0.717) is 5.96 Å². The number of aromatic amines is 1. The van der Waals surface area contributed by atoms with Crippen LogP contribution in [0.4, 0.5) is 5.69 Å². The Morgan fingerprint density at radius 3 is 2.69 bits per heavy atom. The number of nitrogens with one attached hydrogen (secondary N) is 1. The van der Waals surface area contributed by atoms with Crippen molar-refractivity contribution in [3.63, 3.8) is 0 Å². The molecule has 0 bridgehead atoms. The van der Waals surface area contributed by atoms with Crippen molar-refractivity contribution in [3.05, 3.63) is 46.9 Å². The SMILES string of the molecule is NC1=NC2(CCCCC2)N(c2cccc(-c3nc4ccc(Br)cc4[nH]3)c2)C(N)=N1. The van der Waals surface area contributed by atoms with E-state index in [1.54, 1.807) is 0 Å². The highest BCUT2D eigenvalue weighted by Gasteiger charge is 2.42. The van der Waals surface area contributed by atoms with E-state index in [0.717, 1.165) is 58.3 Å². The summed E-state index contributed by atoms with van der Waals surface area (Å²) in [6.45, 7) is 0. The van der Waals surface area contributed by atoms with Crippen molar-refractivity contribution in [2.75, 3.05) is 4.90 Å². The summed E-state index contributed by atoms with van der Waals surface area (Å²) < 4.78 is 1.01. The number of hydrogen-bond donors (Lipinski definition) is 3. The van der Waals surface area contributed by atoms with Crippen molar-refractivity contribution in [1.29, 1.82) is 0 Å². The molecule has 0 unspecified atom stereocenters. The van der Waals surface area contributed by atoms with Crippen molar-refractivity contribution in [2.24, 2.45) is 21.5 Å². The molecule has 0 saturated heterocycles. The summed E-state index contributed by atoms with van der Waals surface area (Å²) in [6, 6.07) is 14.2. The maximum atomic E-state index is 6.36. The van der Waals surface area contributed by atoms with Gasteiger partial charge in [-0.15, -0.1) is 0 Å². The second-order valence-corrected chi connectivity index (χ2v) is 8.53. The predicted molar refractivity (Wildman–Crippen MR) is 121 cm³/mol. The highest BCUT2D eigenvalue weighted by molar-refractivity contribution is 9.10. The number of nitrogens with zero attached hydrogens (tertiary/aromatic N) is 4. The van der Waals surface area contributed by atoms with Crippen molar-refractivity contribution < 1.29 is 0 Å². The summed E-state index contributed by atoms with van der Waals surface area (Å²) >= 11 is 3.51. The fourth-order valence-corrected chi connectivity index (χ4v) is 4.77. The van der Waals surface area contributed by atoms with Crippen molar-refractivity contribution in [2.45, 2.75) is 37.8 Å². The van der Waals surface area contributed by atoms with Gasteiger partial charge in [0.25, 0.3) is 0 Å². The second-order valence-electron chi connectivity index (χ2n) is 7.62. The largest absolute Gasteiger partial charge is 0.369 e. The maximum absolute atomic E-state index is 6.36. The van der Waals surface area contributed by atoms with E-state index in [9.17, 15) is 0 Å². The number of halogens is 1. The van der Waals surface area contributed by atoms with E-state index in [4.69, 9.17) is 21.4 Å². The first-order chi connectivity index (χ1) is 14.0. The molecule has 7 nitrogen and oxygen atoms in total. The smallest absolute Gasteiger partial charge is 0.220 e. The van der Waals surface area contributed by atoms with Gasteiger partial charge in [-0.1, -0.05) is 34.5 Å². The minimum atomic E-state index is -0.453. The van der Waals surface area contributed by atoms with Gasteiger partial charge in [0.2, 0.25) is 11.9 Å². The molecule has 1 aromatic heterocycles. The standard InChI is InChI=1S/C21H22BrN7/c22-14-7-8-16-17(12-14)26-18(25-16)13-5-4-6-15(11-13)29-20(24)27-19(23)28-21(29)9-2-1-3-10-21/h4-8,11-12H,1-3,9-10H2,(H,25,26)(H4,23,24,27,28). The Labute approximate surface area is 177 Å². The number of guanidine groups is 2. The molecule has 0 amide bonds. The van der Waals surface area contributed by atoms with Crippen LogP contribution in [0.15, 0.2) is 56.9 Å². The van der Waals surface area contributed by atoms with Gasteiger partial charge in [-0.2, -0.15) is 4.99 Å². The number of hydrogen-bond acceptors (Lipinski definition) is 6. The van der Waals surface area contributed by atoms with Crippen LogP contribution in [-0.2, 0) is 0 Å². The molecule has 8 heteroatoms. The number of rotatable bonds is 2. The Morgan fingerprint density at radius 2 is 1.86 bits per heavy atom. The first kappa shape index (κ1) is 18.2. The molecule has 0 radical (unpaired) electrons. The summed E-state index contributed by atoms with van der Waals surface area (Å²) in [5, 5.41) is 0. The van der Waals surface area contributed by atoms with Gasteiger partial charge in [0, 0.05) is 15.7 Å². The number of aliphatic imine (C=N–C) groups is 2. The third-order valence-corrected chi connectivity index (χ3v) is 6.17. The molecule has 5 rings (SSSR count). The lowest BCUT2D eigenvalue weighted by Gasteiger charge is -2.45. The van der Waals surface area contributed by atoms with Gasteiger partial charge in [-0.25, -0.2) is 9.98 Å². The van der Waals surface area contributed by atoms with Crippen LogP contribution in [0.1, 0.15) is 32.1 Å². The van der Waals surface area contributed by atoms with Crippen LogP contribution in [0.25, 0.3) is 22.4 Å². The fraction of sp³-hybridized carbons (Fsp3) is 0.286. The van der Waals surface area contributed by atoms with Gasteiger partial charge in [0.05, 0.1) is 11.0 Å². The first-order valence-corrected chi connectivity index (χ1v) is 10.6. The average Bonchev–Trinajstić information content (AvgIpc) is 3.11. The zero-order valence-electron chi connectivity index (χ0n) is 15.9. The van der Waals surface area contributed by atoms with E-state index < -0.39 is 5.66 Å². The Kier molecular flexibility index (Phi) is 4.31. The summed E-state index contributed by atoms with van der Waals surface area (Å²) in [5.41, 5.74) is 15.7. The quantitative estimate of drug-likeness (QED) is 0.544. The molecular weight excluding hydrogens is 430 g/mol. The normalized spacial score (nSPS) is 18.7. The zero-order chi connectivity index (χ0) is 20.0. The first-order valence-electron chi connectivity index (χ1n) is 9.80. The molecule has 1 aliphatic heterocycles. The lowest BCUT2D eigenvalue weighted by Crippen LogP contribution is -2.58. The molecule has 2 aliphatic rings. The van der Waals surface area contributed by atoms with Gasteiger partial charge in [0.1, 0.15) is 11.5 Å². The molecule has 2 heterocycles. The Balaban J connectivity index is 1.58. The number of benzene rings is 2. The number of nitrogens with two attached hydrogens (primary N) is 2. The maximum Gasteiger partial charge on any atom is 0.220 e. The van der Waals surface area contributed by atoms with Crippen LogP contribution in [0.3, 0.4) is 0 Å². The summed E-state index contributed by atoms with van der Waals surface area (Å²) in [5.74, 6) is 1.47. The monoisotopic (exact) mass is 451 g/mol. The van der Waals surface area contributed by atoms with E-state index in [-0.39, 0.29) is 5.96 Å². The van der Waals surface area contributed by atoms with Crippen molar-refractivity contribution >= 4 is 44.6 Å². The van der Waals surface area contributed by atoms with Crippen LogP contribution >= 0.6 is 15.9 Å². The Bertz CT molecular complexity index is 1140. The fourth-order valence-electron chi connectivity index (χ4n) is 4.41. The summed E-state index contributed by atoms with van der Waals surface area (Å²) in [4.78, 5) is 19.2. The zero-order valence-corrected chi connectivity index (χ0v) is 17.5. The van der Waals surface area contributed by atoms with Crippen LogP contribution in [0.5, 0.6) is 0 Å². The minimum absolute atomic E-state index is 0.264. The van der Waals surface area contributed by atoms with Crippen LogP contribution in [0, 0.1) is 0 Å². The number of H-pyrrole nitrogens is 1. The Morgan fingerprint density at radius 1 is 1.03 bits per heavy atom. The van der Waals surface area contributed by atoms with E-state index in [2.05, 4.69) is 32.0 Å². The van der Waals surface area contributed by atoms with E-state index in [1.807, 2.05) is 41.3 Å². The van der Waals surface area contributed by atoms with Gasteiger partial charge in [-0.05, 0) is 56.0 Å². The highest BCUT2D eigenvalue weighted by atomic mass is 79.9.